The Balaban J connectivity index is 2.11. The van der Waals surface area contributed by atoms with Crippen LogP contribution in [0, 0.1) is 5.41 Å². The molecule has 1 unspecified atom stereocenters. The molecule has 0 radical (unpaired) electrons. The van der Waals surface area contributed by atoms with Crippen LogP contribution in [0.5, 0.6) is 0 Å². The van der Waals surface area contributed by atoms with Gasteiger partial charge in [0.25, 0.3) is 0 Å². The van der Waals surface area contributed by atoms with Gasteiger partial charge in [-0.15, -0.1) is 0 Å². The Morgan fingerprint density at radius 2 is 2.11 bits per heavy atom. The predicted octanol–water partition coefficient (Wildman–Crippen LogP) is 2.78. The maximum atomic E-state index is 9.17. The maximum Gasteiger partial charge on any atom is 0.126 e. The Kier molecular flexibility index (Phi) is 3.91. The topological polar surface area (TPSA) is 45.1 Å². The Labute approximate surface area is 110 Å². The van der Waals surface area contributed by atoms with Crippen molar-refractivity contribution in [1.29, 1.82) is 0 Å². The molecule has 1 atom stereocenters. The first-order valence-corrected chi connectivity index (χ1v) is 6.87. The van der Waals surface area contributed by atoms with Crippen molar-refractivity contribution in [3.8, 4) is 0 Å². The number of anilines is 1. The molecule has 2 rings (SSSR count). The monoisotopic (exact) mass is 248 g/mol. The largest absolute Gasteiger partial charge is 0.396 e. The molecule has 2 N–H and O–H groups in total. The Hall–Kier alpha value is -1.09. The summed E-state index contributed by atoms with van der Waals surface area (Å²) in [6.45, 7) is 6.77. The molecule has 1 aliphatic carbocycles. The first-order chi connectivity index (χ1) is 8.50. The van der Waals surface area contributed by atoms with Gasteiger partial charge in [0, 0.05) is 18.3 Å². The number of nitrogens with zero attached hydrogens (tertiary/aromatic N) is 1. The quantitative estimate of drug-likeness (QED) is 0.861. The molecule has 3 heteroatoms. The van der Waals surface area contributed by atoms with E-state index < -0.39 is 0 Å². The zero-order valence-corrected chi connectivity index (χ0v) is 11.7. The lowest BCUT2D eigenvalue weighted by Gasteiger charge is -2.31. The zero-order chi connectivity index (χ0) is 13.2. The molecule has 1 aromatic heterocycles. The van der Waals surface area contributed by atoms with Crippen molar-refractivity contribution in [3.63, 3.8) is 0 Å². The molecule has 3 nitrogen and oxygen atoms in total. The van der Waals surface area contributed by atoms with E-state index >= 15 is 0 Å². The minimum atomic E-state index is 0.115. The average molecular weight is 248 g/mol. The fourth-order valence-electron chi connectivity index (χ4n) is 2.53. The number of aliphatic hydroxyl groups excluding tert-OH is 1. The summed E-state index contributed by atoms with van der Waals surface area (Å²) in [5, 5.41) is 12.7. The van der Waals surface area contributed by atoms with E-state index in [1.165, 1.54) is 24.1 Å². The number of pyridine rings is 1. The highest BCUT2D eigenvalue weighted by Crippen LogP contribution is 2.27. The van der Waals surface area contributed by atoms with E-state index in [1.807, 2.05) is 0 Å². The van der Waals surface area contributed by atoms with E-state index in [0.717, 1.165) is 18.7 Å². The van der Waals surface area contributed by atoms with E-state index in [9.17, 15) is 5.11 Å². The fraction of sp³-hybridized carbons (Fsp3) is 0.667. The number of nitrogens with one attached hydrogen (secondary N) is 1. The van der Waals surface area contributed by atoms with Gasteiger partial charge >= 0.3 is 0 Å². The molecule has 18 heavy (non-hydrogen) atoms. The SMILES string of the molecule is CC(C)(C)C(CCO)Nc1ccc2c(n1)CCC2. The standard InChI is InChI=1S/C15H24N2O/c1-15(2,3)13(9-10-18)17-14-8-7-11-5-4-6-12(11)16-14/h7-8,13,18H,4-6,9-10H2,1-3H3,(H,16,17). The maximum absolute atomic E-state index is 9.17. The molecule has 0 saturated heterocycles. The minimum absolute atomic E-state index is 0.115. The second-order valence-electron chi connectivity index (χ2n) is 6.23. The van der Waals surface area contributed by atoms with Crippen molar-refractivity contribution in [2.75, 3.05) is 11.9 Å². The van der Waals surface area contributed by atoms with Crippen LogP contribution in [0.2, 0.25) is 0 Å². The van der Waals surface area contributed by atoms with Crippen molar-refractivity contribution < 1.29 is 5.11 Å². The molecule has 0 fully saturated rings. The fourth-order valence-corrected chi connectivity index (χ4v) is 2.53. The lowest BCUT2D eigenvalue weighted by Crippen LogP contribution is -2.35. The van der Waals surface area contributed by atoms with Crippen LogP contribution in [0.25, 0.3) is 0 Å². The highest BCUT2D eigenvalue weighted by Gasteiger charge is 2.24. The van der Waals surface area contributed by atoms with Crippen molar-refractivity contribution in [3.05, 3.63) is 23.4 Å². The predicted molar refractivity (Wildman–Crippen MR) is 74.8 cm³/mol. The summed E-state index contributed by atoms with van der Waals surface area (Å²) in [5.41, 5.74) is 2.76. The average Bonchev–Trinajstić information content (AvgIpc) is 2.74. The van der Waals surface area contributed by atoms with Crippen LogP contribution in [0.4, 0.5) is 5.82 Å². The summed E-state index contributed by atoms with van der Waals surface area (Å²) >= 11 is 0. The summed E-state index contributed by atoms with van der Waals surface area (Å²) in [5.74, 6) is 0.948. The van der Waals surface area contributed by atoms with E-state index in [2.05, 4.69) is 38.2 Å². The number of aliphatic hydroxyl groups is 1. The molecule has 1 heterocycles. The van der Waals surface area contributed by atoms with Gasteiger partial charge in [-0.2, -0.15) is 0 Å². The van der Waals surface area contributed by atoms with E-state index in [-0.39, 0.29) is 18.1 Å². The summed E-state index contributed by atoms with van der Waals surface area (Å²) in [6, 6.07) is 4.51. The van der Waals surface area contributed by atoms with Crippen LogP contribution in [0.1, 0.15) is 44.9 Å². The smallest absolute Gasteiger partial charge is 0.126 e. The molecule has 0 spiro atoms. The Bertz CT molecular complexity index is 409. The Morgan fingerprint density at radius 1 is 1.33 bits per heavy atom. The second-order valence-corrected chi connectivity index (χ2v) is 6.23. The molecule has 100 valence electrons. The molecule has 1 aromatic rings. The van der Waals surface area contributed by atoms with Crippen molar-refractivity contribution in [1.82, 2.24) is 4.98 Å². The molecule has 0 bridgehead atoms. The van der Waals surface area contributed by atoms with Gasteiger partial charge < -0.3 is 10.4 Å². The van der Waals surface area contributed by atoms with Gasteiger partial charge in [0.2, 0.25) is 0 Å². The van der Waals surface area contributed by atoms with E-state index in [4.69, 9.17) is 4.98 Å². The molecular weight excluding hydrogens is 224 g/mol. The number of aryl methyl sites for hydroxylation is 2. The zero-order valence-electron chi connectivity index (χ0n) is 11.7. The summed E-state index contributed by atoms with van der Waals surface area (Å²) in [6.07, 6.45) is 4.25. The molecule has 0 saturated carbocycles. The third-order valence-electron chi connectivity index (χ3n) is 3.71. The number of hydrogen-bond donors (Lipinski definition) is 2. The number of rotatable bonds is 4. The first-order valence-electron chi connectivity index (χ1n) is 6.87. The summed E-state index contributed by atoms with van der Waals surface area (Å²) in [7, 11) is 0. The van der Waals surface area contributed by atoms with Crippen molar-refractivity contribution >= 4 is 5.82 Å². The van der Waals surface area contributed by atoms with Gasteiger partial charge in [-0.3, -0.25) is 0 Å². The van der Waals surface area contributed by atoms with Crippen LogP contribution in [-0.4, -0.2) is 22.7 Å². The van der Waals surface area contributed by atoms with E-state index in [0.29, 0.717) is 0 Å². The first kappa shape index (κ1) is 13.3. The molecule has 0 aromatic carbocycles. The van der Waals surface area contributed by atoms with Gasteiger partial charge in [0.05, 0.1) is 0 Å². The lowest BCUT2D eigenvalue weighted by molar-refractivity contribution is 0.235. The lowest BCUT2D eigenvalue weighted by atomic mass is 9.85. The van der Waals surface area contributed by atoms with Gasteiger partial charge in [-0.05, 0) is 42.7 Å². The third-order valence-corrected chi connectivity index (χ3v) is 3.71. The molecular formula is C15H24N2O. The van der Waals surface area contributed by atoms with Crippen LogP contribution in [0.3, 0.4) is 0 Å². The van der Waals surface area contributed by atoms with Crippen molar-refractivity contribution in [2.45, 2.75) is 52.5 Å². The van der Waals surface area contributed by atoms with Crippen molar-refractivity contribution in [2.24, 2.45) is 5.41 Å². The normalized spacial score (nSPS) is 16.4. The minimum Gasteiger partial charge on any atom is -0.396 e. The van der Waals surface area contributed by atoms with Crippen LogP contribution < -0.4 is 5.32 Å². The second kappa shape index (κ2) is 5.27. The van der Waals surface area contributed by atoms with Crippen LogP contribution in [0.15, 0.2) is 12.1 Å². The van der Waals surface area contributed by atoms with Gasteiger partial charge in [0.1, 0.15) is 5.82 Å². The Morgan fingerprint density at radius 3 is 2.78 bits per heavy atom. The summed E-state index contributed by atoms with van der Waals surface area (Å²) in [4.78, 5) is 4.70. The number of aromatic nitrogens is 1. The van der Waals surface area contributed by atoms with Crippen LogP contribution >= 0.6 is 0 Å². The molecule has 0 aliphatic heterocycles. The number of hydrogen-bond acceptors (Lipinski definition) is 3. The van der Waals surface area contributed by atoms with E-state index in [1.54, 1.807) is 0 Å². The third kappa shape index (κ3) is 3.02. The molecule has 0 amide bonds. The van der Waals surface area contributed by atoms with Gasteiger partial charge in [0.15, 0.2) is 0 Å². The number of fused-ring (bicyclic) bond motifs is 1. The van der Waals surface area contributed by atoms with Gasteiger partial charge in [-0.1, -0.05) is 26.8 Å². The van der Waals surface area contributed by atoms with Gasteiger partial charge in [-0.25, -0.2) is 4.98 Å². The highest BCUT2D eigenvalue weighted by molar-refractivity contribution is 5.41. The summed E-state index contributed by atoms with van der Waals surface area (Å²) < 4.78 is 0. The molecule has 1 aliphatic rings. The van der Waals surface area contributed by atoms with Crippen LogP contribution in [-0.2, 0) is 12.8 Å². The highest BCUT2D eigenvalue weighted by atomic mass is 16.3.